The van der Waals surface area contributed by atoms with Crippen molar-refractivity contribution in [2.75, 3.05) is 14.2 Å². The first-order valence-corrected chi connectivity index (χ1v) is 9.15. The lowest BCUT2D eigenvalue weighted by Gasteiger charge is -2.10. The van der Waals surface area contributed by atoms with Crippen molar-refractivity contribution in [3.05, 3.63) is 40.1 Å². The molecule has 2 aromatic rings. The Bertz CT molecular complexity index is 798. The van der Waals surface area contributed by atoms with Crippen LogP contribution in [0.1, 0.15) is 16.7 Å². The zero-order valence-electron chi connectivity index (χ0n) is 13.1. The fourth-order valence-electron chi connectivity index (χ4n) is 1.86. The van der Waals surface area contributed by atoms with E-state index in [4.69, 9.17) is 9.47 Å². The highest BCUT2D eigenvalue weighted by Gasteiger charge is 2.19. The average molecular weight is 354 g/mol. The van der Waals surface area contributed by atoms with Gasteiger partial charge in [0, 0.05) is 15.8 Å². The second kappa shape index (κ2) is 7.47. The monoisotopic (exact) mass is 354 g/mol. The molecule has 0 atom stereocenters. The summed E-state index contributed by atoms with van der Waals surface area (Å²) in [5, 5.41) is 3.82. The molecule has 0 unspecified atom stereocenters. The molecule has 0 aliphatic carbocycles. The lowest BCUT2D eigenvalue weighted by Crippen LogP contribution is -2.19. The van der Waals surface area contributed by atoms with Crippen LogP contribution >= 0.6 is 11.3 Å². The Kier molecular flexibility index (Phi) is 5.62. The van der Waals surface area contributed by atoms with Crippen LogP contribution in [0.15, 0.2) is 40.3 Å². The summed E-state index contributed by atoms with van der Waals surface area (Å²) in [5.74, 6) is 0.638. The van der Waals surface area contributed by atoms with Crippen LogP contribution in [0.5, 0.6) is 11.5 Å². The number of methoxy groups -OCH3 is 2. The summed E-state index contributed by atoms with van der Waals surface area (Å²) in [6.45, 7) is 2.06. The summed E-state index contributed by atoms with van der Waals surface area (Å²) in [7, 11) is -0.984. The first-order valence-electron chi connectivity index (χ1n) is 6.85. The molecule has 23 heavy (non-hydrogen) atoms. The number of nitrogens with one attached hydrogen (secondary N) is 1. The van der Waals surface area contributed by atoms with Crippen LogP contribution in [-0.4, -0.2) is 28.9 Å². The van der Waals surface area contributed by atoms with Crippen molar-refractivity contribution in [3.8, 4) is 11.5 Å². The summed E-state index contributed by atoms with van der Waals surface area (Å²) in [5.41, 5.74) is 0. The van der Waals surface area contributed by atoms with Crippen LogP contribution in [0.4, 0.5) is 0 Å². The zero-order valence-corrected chi connectivity index (χ0v) is 14.7. The molecular weight excluding hydrogens is 336 g/mol. The minimum absolute atomic E-state index is 0.0306. The normalized spacial score (nSPS) is 11.6. The van der Waals surface area contributed by atoms with Gasteiger partial charge >= 0.3 is 0 Å². The van der Waals surface area contributed by atoms with Crippen LogP contribution in [0, 0.1) is 0 Å². The maximum absolute atomic E-state index is 12.4. The molecule has 0 radical (unpaired) electrons. The molecule has 1 aromatic heterocycles. The van der Waals surface area contributed by atoms with E-state index in [2.05, 4.69) is 16.9 Å². The van der Waals surface area contributed by atoms with E-state index in [1.54, 1.807) is 17.4 Å². The Morgan fingerprint density at radius 2 is 2.00 bits per heavy atom. The molecule has 0 amide bonds. The second-order valence-corrected chi connectivity index (χ2v) is 7.36. The van der Waals surface area contributed by atoms with Gasteiger partial charge in [-0.25, -0.2) is 0 Å². The Balaban J connectivity index is 2.21. The van der Waals surface area contributed by atoms with Gasteiger partial charge in [0.25, 0.3) is 10.0 Å². The zero-order chi connectivity index (χ0) is 16.9. The van der Waals surface area contributed by atoms with Gasteiger partial charge in [-0.3, -0.25) is 0 Å². The lowest BCUT2D eigenvalue weighted by molar-refractivity contribution is 0.392. The summed E-state index contributed by atoms with van der Waals surface area (Å²) in [6.07, 6.45) is 2.42. The highest BCUT2D eigenvalue weighted by molar-refractivity contribution is 7.89. The molecular formula is C15H18N2O4S2. The van der Waals surface area contributed by atoms with Crippen LogP contribution in [0.3, 0.4) is 0 Å². The van der Waals surface area contributed by atoms with Gasteiger partial charge in [-0.1, -0.05) is 6.92 Å². The van der Waals surface area contributed by atoms with Crippen molar-refractivity contribution >= 4 is 27.6 Å². The summed E-state index contributed by atoms with van der Waals surface area (Å²) in [4.78, 5) is 4.25. The van der Waals surface area contributed by atoms with Gasteiger partial charge in [-0.2, -0.15) is 18.4 Å². The van der Waals surface area contributed by atoms with Gasteiger partial charge in [-0.05, 0) is 30.7 Å². The van der Waals surface area contributed by atoms with Crippen LogP contribution in [0.2, 0.25) is 0 Å². The molecule has 1 aromatic carbocycles. The number of rotatable bonds is 7. The molecule has 124 valence electrons. The number of hydrazone groups is 1. The van der Waals surface area contributed by atoms with Crippen molar-refractivity contribution in [1.82, 2.24) is 4.83 Å². The molecule has 0 saturated carbocycles. The van der Waals surface area contributed by atoms with Crippen LogP contribution < -0.4 is 14.3 Å². The average Bonchev–Trinajstić information content (AvgIpc) is 3.02. The van der Waals surface area contributed by atoms with E-state index in [0.29, 0.717) is 5.75 Å². The third kappa shape index (κ3) is 4.23. The standard InChI is InChI=1S/C15H18N2O4S2/c1-4-12-6-7-13(22-12)10-16-17-23(18,19)15-9-11(20-2)5-8-14(15)21-3/h5-10,17H,4H2,1-3H3/b16-10+. The third-order valence-electron chi connectivity index (χ3n) is 3.06. The van der Waals surface area contributed by atoms with Gasteiger partial charge in [0.05, 0.1) is 20.4 Å². The Labute approximate surface area is 139 Å². The highest BCUT2D eigenvalue weighted by Crippen LogP contribution is 2.27. The molecule has 6 nitrogen and oxygen atoms in total. The quantitative estimate of drug-likeness (QED) is 0.612. The molecule has 0 aliphatic heterocycles. The van der Waals surface area contributed by atoms with Gasteiger partial charge in [0.2, 0.25) is 0 Å². The van der Waals surface area contributed by atoms with E-state index in [9.17, 15) is 8.42 Å². The maximum Gasteiger partial charge on any atom is 0.280 e. The highest BCUT2D eigenvalue weighted by atomic mass is 32.2. The Hall–Kier alpha value is -2.06. The number of nitrogens with zero attached hydrogens (tertiary/aromatic N) is 1. The molecule has 0 fully saturated rings. The topological polar surface area (TPSA) is 77.0 Å². The number of aryl methyl sites for hydroxylation is 1. The van der Waals surface area contributed by atoms with Gasteiger partial charge in [-0.15, -0.1) is 11.3 Å². The van der Waals surface area contributed by atoms with Gasteiger partial charge in [0.1, 0.15) is 16.4 Å². The van der Waals surface area contributed by atoms with Crippen molar-refractivity contribution in [2.24, 2.45) is 5.10 Å². The largest absolute Gasteiger partial charge is 0.497 e. The second-order valence-electron chi connectivity index (χ2n) is 4.53. The number of hydrogen-bond donors (Lipinski definition) is 1. The van der Waals surface area contributed by atoms with Crippen LogP contribution in [0.25, 0.3) is 0 Å². The minimum Gasteiger partial charge on any atom is -0.497 e. The molecule has 8 heteroatoms. The fraction of sp³-hybridized carbons (Fsp3) is 0.267. The fourth-order valence-corrected chi connectivity index (χ4v) is 3.66. The van der Waals surface area contributed by atoms with E-state index in [1.165, 1.54) is 37.4 Å². The number of benzene rings is 1. The molecule has 1 heterocycles. The lowest BCUT2D eigenvalue weighted by atomic mass is 10.3. The van der Waals surface area contributed by atoms with Crippen molar-refractivity contribution in [2.45, 2.75) is 18.2 Å². The van der Waals surface area contributed by atoms with Crippen LogP contribution in [-0.2, 0) is 16.4 Å². The van der Waals surface area contributed by atoms with E-state index in [1.807, 2.05) is 12.1 Å². The number of hydrogen-bond acceptors (Lipinski definition) is 6. The summed E-state index contributed by atoms with van der Waals surface area (Å²) < 4.78 is 34.9. The van der Waals surface area contributed by atoms with E-state index < -0.39 is 10.0 Å². The molecule has 0 bridgehead atoms. The smallest absolute Gasteiger partial charge is 0.280 e. The minimum atomic E-state index is -3.85. The maximum atomic E-state index is 12.4. The van der Waals surface area contributed by atoms with Gasteiger partial charge < -0.3 is 9.47 Å². The van der Waals surface area contributed by atoms with E-state index in [-0.39, 0.29) is 10.6 Å². The Morgan fingerprint density at radius 3 is 2.61 bits per heavy atom. The number of sulfonamides is 1. The first kappa shape index (κ1) is 17.3. The SMILES string of the molecule is CCc1ccc(/C=N/NS(=O)(=O)c2cc(OC)ccc2OC)s1. The van der Waals surface area contributed by atoms with E-state index in [0.717, 1.165) is 11.3 Å². The predicted octanol–water partition coefficient (Wildman–Crippen LogP) is 2.64. The van der Waals surface area contributed by atoms with Crippen molar-refractivity contribution < 1.29 is 17.9 Å². The molecule has 1 N–H and O–H groups in total. The molecule has 0 spiro atoms. The number of thiophene rings is 1. The summed E-state index contributed by atoms with van der Waals surface area (Å²) >= 11 is 1.56. The number of ether oxygens (including phenoxy) is 2. The molecule has 0 saturated heterocycles. The Morgan fingerprint density at radius 1 is 1.22 bits per heavy atom. The third-order valence-corrected chi connectivity index (χ3v) is 5.46. The van der Waals surface area contributed by atoms with Crippen molar-refractivity contribution in [1.29, 1.82) is 0 Å². The predicted molar refractivity (Wildman–Crippen MR) is 91.2 cm³/mol. The molecule has 2 rings (SSSR count). The van der Waals surface area contributed by atoms with Crippen molar-refractivity contribution in [3.63, 3.8) is 0 Å². The van der Waals surface area contributed by atoms with Gasteiger partial charge in [0.15, 0.2) is 0 Å². The molecule has 0 aliphatic rings. The first-order chi connectivity index (χ1) is 11.0. The summed E-state index contributed by atoms with van der Waals surface area (Å²) in [6, 6.07) is 8.43. The van der Waals surface area contributed by atoms with E-state index >= 15 is 0 Å².